The molecule has 0 amide bonds. The molecule has 2 fully saturated rings. The van der Waals surface area contributed by atoms with Crippen LogP contribution in [0.1, 0.15) is 52.9 Å². The molecular formula is C13H22O2. The van der Waals surface area contributed by atoms with Crippen molar-refractivity contribution in [3.8, 4) is 0 Å². The van der Waals surface area contributed by atoms with Crippen molar-refractivity contribution in [1.82, 2.24) is 0 Å². The predicted octanol–water partition coefficient (Wildman–Crippen LogP) is 2.95. The lowest BCUT2D eigenvalue weighted by atomic mass is 9.63. The van der Waals surface area contributed by atoms with Crippen LogP contribution in [0.4, 0.5) is 0 Å². The van der Waals surface area contributed by atoms with E-state index in [0.29, 0.717) is 18.1 Å². The zero-order valence-electron chi connectivity index (χ0n) is 10.1. The van der Waals surface area contributed by atoms with Crippen LogP contribution in [0.15, 0.2) is 0 Å². The molecule has 1 spiro atoms. The van der Waals surface area contributed by atoms with Gasteiger partial charge in [0.15, 0.2) is 0 Å². The highest BCUT2D eigenvalue weighted by Crippen LogP contribution is 2.52. The summed E-state index contributed by atoms with van der Waals surface area (Å²) in [7, 11) is 0. The van der Waals surface area contributed by atoms with Gasteiger partial charge >= 0.3 is 0 Å². The molecule has 2 rings (SSSR count). The van der Waals surface area contributed by atoms with E-state index in [9.17, 15) is 4.79 Å². The average Bonchev–Trinajstić information content (AvgIpc) is 2.68. The molecule has 2 aliphatic carbocycles. The summed E-state index contributed by atoms with van der Waals surface area (Å²) in [4.78, 5) is 11.7. The highest BCUT2D eigenvalue weighted by Gasteiger charge is 2.56. The molecule has 86 valence electrons. The third-order valence-electron chi connectivity index (χ3n) is 4.36. The van der Waals surface area contributed by atoms with Gasteiger partial charge in [-0.1, -0.05) is 26.7 Å². The largest absolute Gasteiger partial charge is 0.374 e. The second-order valence-electron chi connectivity index (χ2n) is 5.56. The van der Waals surface area contributed by atoms with E-state index in [1.54, 1.807) is 0 Å². The van der Waals surface area contributed by atoms with Crippen LogP contribution in [-0.2, 0) is 9.53 Å². The molecule has 0 N–H and O–H groups in total. The number of ether oxygens (including phenoxy) is 1. The van der Waals surface area contributed by atoms with Crippen LogP contribution in [0, 0.1) is 11.3 Å². The number of Topliss-reactive ketones (excluding diaryl/α,β-unsaturated/α-hetero) is 1. The van der Waals surface area contributed by atoms with Gasteiger partial charge in [0.1, 0.15) is 5.78 Å². The Morgan fingerprint density at radius 1 is 1.27 bits per heavy atom. The monoisotopic (exact) mass is 210 g/mol. The Morgan fingerprint density at radius 2 is 1.87 bits per heavy atom. The molecule has 0 saturated heterocycles. The van der Waals surface area contributed by atoms with Gasteiger partial charge in [-0.3, -0.25) is 4.79 Å². The molecule has 0 heterocycles. The van der Waals surface area contributed by atoms with Crippen molar-refractivity contribution in [3.63, 3.8) is 0 Å². The third kappa shape index (κ3) is 1.73. The maximum atomic E-state index is 11.7. The molecule has 2 unspecified atom stereocenters. The van der Waals surface area contributed by atoms with Gasteiger partial charge in [0.05, 0.1) is 17.6 Å². The fourth-order valence-electron chi connectivity index (χ4n) is 2.82. The highest BCUT2D eigenvalue weighted by atomic mass is 16.5. The van der Waals surface area contributed by atoms with E-state index in [1.165, 1.54) is 12.8 Å². The first-order chi connectivity index (χ1) is 7.06. The number of carbonyl (C=O) groups is 1. The second-order valence-corrected chi connectivity index (χ2v) is 5.56. The van der Waals surface area contributed by atoms with Crippen molar-refractivity contribution >= 4 is 5.78 Å². The number of hydrogen-bond donors (Lipinski definition) is 0. The zero-order valence-corrected chi connectivity index (χ0v) is 10.1. The molecule has 0 aliphatic heterocycles. The topological polar surface area (TPSA) is 26.3 Å². The standard InChI is InChI=1S/C13H22O2/c1-9(2)10(3)15-12-8-11(14)13(12)6-4-5-7-13/h9-10,12H,4-8H2,1-3H3. The zero-order chi connectivity index (χ0) is 11.1. The van der Waals surface area contributed by atoms with E-state index >= 15 is 0 Å². The summed E-state index contributed by atoms with van der Waals surface area (Å²) in [5, 5.41) is 0. The lowest BCUT2D eigenvalue weighted by molar-refractivity contribution is -0.172. The minimum absolute atomic E-state index is 0.0524. The summed E-state index contributed by atoms with van der Waals surface area (Å²) in [5.74, 6) is 1.00. The maximum absolute atomic E-state index is 11.7. The number of ketones is 1. The maximum Gasteiger partial charge on any atom is 0.144 e. The molecule has 0 aromatic heterocycles. The molecule has 0 aromatic carbocycles. The summed E-state index contributed by atoms with van der Waals surface area (Å²) < 4.78 is 6.04. The van der Waals surface area contributed by atoms with Gasteiger partial charge in [0, 0.05) is 6.42 Å². The summed E-state index contributed by atoms with van der Waals surface area (Å²) >= 11 is 0. The molecule has 2 nitrogen and oxygen atoms in total. The van der Waals surface area contributed by atoms with Gasteiger partial charge in [-0.15, -0.1) is 0 Å². The average molecular weight is 210 g/mol. The van der Waals surface area contributed by atoms with Crippen molar-refractivity contribution < 1.29 is 9.53 Å². The van der Waals surface area contributed by atoms with E-state index in [-0.39, 0.29) is 17.6 Å². The first-order valence-corrected chi connectivity index (χ1v) is 6.25. The van der Waals surface area contributed by atoms with Crippen LogP contribution >= 0.6 is 0 Å². The van der Waals surface area contributed by atoms with E-state index in [1.807, 2.05) is 0 Å². The molecule has 0 aromatic rings. The van der Waals surface area contributed by atoms with Gasteiger partial charge < -0.3 is 4.74 Å². The van der Waals surface area contributed by atoms with Gasteiger partial charge in [0.25, 0.3) is 0 Å². The van der Waals surface area contributed by atoms with Crippen molar-refractivity contribution in [2.45, 2.75) is 65.1 Å². The van der Waals surface area contributed by atoms with Crippen LogP contribution in [0.25, 0.3) is 0 Å². The van der Waals surface area contributed by atoms with Crippen LogP contribution in [0.5, 0.6) is 0 Å². The lowest BCUT2D eigenvalue weighted by Gasteiger charge is -2.46. The second kappa shape index (κ2) is 3.89. The van der Waals surface area contributed by atoms with Crippen molar-refractivity contribution in [2.24, 2.45) is 11.3 Å². The number of rotatable bonds is 3. The minimum atomic E-state index is -0.0524. The summed E-state index contributed by atoms with van der Waals surface area (Å²) in [6.07, 6.45) is 5.73. The number of hydrogen-bond acceptors (Lipinski definition) is 2. The Balaban J connectivity index is 1.97. The quantitative estimate of drug-likeness (QED) is 0.716. The third-order valence-corrected chi connectivity index (χ3v) is 4.36. The molecule has 2 atom stereocenters. The van der Waals surface area contributed by atoms with E-state index in [2.05, 4.69) is 20.8 Å². The molecule has 2 aliphatic rings. The van der Waals surface area contributed by atoms with Crippen LogP contribution < -0.4 is 0 Å². The summed E-state index contributed by atoms with van der Waals surface area (Å²) in [6, 6.07) is 0. The SMILES string of the molecule is CC(C)C(C)OC1CC(=O)C12CCCC2. The summed E-state index contributed by atoms with van der Waals surface area (Å²) in [5.41, 5.74) is -0.0524. The van der Waals surface area contributed by atoms with E-state index in [0.717, 1.165) is 12.8 Å². The molecule has 15 heavy (non-hydrogen) atoms. The van der Waals surface area contributed by atoms with E-state index < -0.39 is 0 Å². The van der Waals surface area contributed by atoms with Crippen LogP contribution in [-0.4, -0.2) is 18.0 Å². The molecule has 2 saturated carbocycles. The van der Waals surface area contributed by atoms with Gasteiger partial charge in [0.2, 0.25) is 0 Å². The number of carbonyl (C=O) groups excluding carboxylic acids is 1. The normalized spacial score (nSPS) is 30.9. The molecule has 2 heteroatoms. The Labute approximate surface area is 92.4 Å². The fourth-order valence-corrected chi connectivity index (χ4v) is 2.82. The van der Waals surface area contributed by atoms with Crippen molar-refractivity contribution in [1.29, 1.82) is 0 Å². The Hall–Kier alpha value is -0.370. The van der Waals surface area contributed by atoms with Crippen molar-refractivity contribution in [2.75, 3.05) is 0 Å². The first kappa shape index (κ1) is 11.1. The van der Waals surface area contributed by atoms with Gasteiger partial charge in [-0.05, 0) is 25.7 Å². The Morgan fingerprint density at radius 3 is 2.33 bits per heavy atom. The Bertz CT molecular complexity index is 251. The van der Waals surface area contributed by atoms with Crippen LogP contribution in [0.2, 0.25) is 0 Å². The molecular weight excluding hydrogens is 188 g/mol. The highest BCUT2D eigenvalue weighted by molar-refractivity contribution is 5.92. The molecule has 0 radical (unpaired) electrons. The minimum Gasteiger partial charge on any atom is -0.374 e. The summed E-state index contributed by atoms with van der Waals surface area (Å²) in [6.45, 7) is 6.47. The predicted molar refractivity (Wildman–Crippen MR) is 59.7 cm³/mol. The molecule has 0 bridgehead atoms. The van der Waals surface area contributed by atoms with Gasteiger partial charge in [-0.2, -0.15) is 0 Å². The lowest BCUT2D eigenvalue weighted by Crippen LogP contribution is -2.54. The van der Waals surface area contributed by atoms with Crippen molar-refractivity contribution in [3.05, 3.63) is 0 Å². The van der Waals surface area contributed by atoms with E-state index in [4.69, 9.17) is 4.74 Å². The first-order valence-electron chi connectivity index (χ1n) is 6.25. The van der Waals surface area contributed by atoms with Crippen LogP contribution in [0.3, 0.4) is 0 Å². The Kier molecular flexibility index (Phi) is 2.89. The fraction of sp³-hybridized carbons (Fsp3) is 0.923. The smallest absolute Gasteiger partial charge is 0.144 e. The van der Waals surface area contributed by atoms with Gasteiger partial charge in [-0.25, -0.2) is 0 Å².